The minimum Gasteiger partial charge on any atom is -0.481 e. The molecule has 1 rings (SSSR count). The fraction of sp³-hybridized carbons (Fsp3) is 0.429. The summed E-state index contributed by atoms with van der Waals surface area (Å²) in [5.74, 6) is -2.60. The fourth-order valence-corrected chi connectivity index (χ4v) is 1.98. The molecule has 1 atom stereocenters. The maximum atomic E-state index is 11.6. The van der Waals surface area contributed by atoms with Crippen molar-refractivity contribution < 1.29 is 14.7 Å². The molecule has 0 saturated carbocycles. The predicted octanol–water partition coefficient (Wildman–Crippen LogP) is 2.56. The SMILES string of the molecule is CC(C(=O)O)C(=O)NCC(C)(C)c1cccc(Br)c1. The summed E-state index contributed by atoms with van der Waals surface area (Å²) in [6, 6.07) is 7.85. The van der Waals surface area contributed by atoms with Crippen LogP contribution in [0.4, 0.5) is 0 Å². The Bertz CT molecular complexity index is 485. The Morgan fingerprint density at radius 2 is 2.05 bits per heavy atom. The number of carboxylic acid groups (broad SMARTS) is 1. The first-order valence-corrected chi connectivity index (χ1v) is 6.80. The molecule has 1 aromatic carbocycles. The fourth-order valence-electron chi connectivity index (χ4n) is 1.58. The van der Waals surface area contributed by atoms with Gasteiger partial charge in [-0.25, -0.2) is 0 Å². The van der Waals surface area contributed by atoms with Crippen molar-refractivity contribution in [1.29, 1.82) is 0 Å². The summed E-state index contributed by atoms with van der Waals surface area (Å²) >= 11 is 3.41. The van der Waals surface area contributed by atoms with Gasteiger partial charge in [0, 0.05) is 16.4 Å². The van der Waals surface area contributed by atoms with Crippen molar-refractivity contribution in [1.82, 2.24) is 5.32 Å². The molecule has 1 unspecified atom stereocenters. The summed E-state index contributed by atoms with van der Waals surface area (Å²) in [5, 5.41) is 11.5. The molecule has 0 radical (unpaired) electrons. The van der Waals surface area contributed by atoms with Crippen LogP contribution >= 0.6 is 15.9 Å². The number of hydrogen-bond donors (Lipinski definition) is 2. The van der Waals surface area contributed by atoms with Crippen LogP contribution in [0.2, 0.25) is 0 Å². The second-order valence-corrected chi connectivity index (χ2v) is 6.09. The van der Waals surface area contributed by atoms with E-state index in [1.54, 1.807) is 0 Å². The quantitative estimate of drug-likeness (QED) is 0.817. The van der Waals surface area contributed by atoms with Gasteiger partial charge in [-0.1, -0.05) is 41.9 Å². The van der Waals surface area contributed by atoms with Crippen LogP contribution in [0.15, 0.2) is 28.7 Å². The molecule has 4 nitrogen and oxygen atoms in total. The third-order valence-electron chi connectivity index (χ3n) is 3.07. The van der Waals surface area contributed by atoms with E-state index in [1.807, 2.05) is 38.1 Å². The topological polar surface area (TPSA) is 66.4 Å². The van der Waals surface area contributed by atoms with Gasteiger partial charge in [0.1, 0.15) is 5.92 Å². The van der Waals surface area contributed by atoms with E-state index in [-0.39, 0.29) is 5.41 Å². The molecule has 0 heterocycles. The number of rotatable bonds is 5. The highest BCUT2D eigenvalue weighted by atomic mass is 79.9. The molecule has 104 valence electrons. The Labute approximate surface area is 121 Å². The van der Waals surface area contributed by atoms with Crippen LogP contribution in [0, 0.1) is 5.92 Å². The first kappa shape index (κ1) is 15.7. The molecule has 5 heteroatoms. The predicted molar refractivity (Wildman–Crippen MR) is 77.0 cm³/mol. The van der Waals surface area contributed by atoms with E-state index >= 15 is 0 Å². The van der Waals surface area contributed by atoms with Crippen LogP contribution in [0.3, 0.4) is 0 Å². The van der Waals surface area contributed by atoms with Crippen molar-refractivity contribution in [2.24, 2.45) is 5.92 Å². The molecule has 0 aliphatic carbocycles. The number of carbonyl (C=O) groups is 2. The lowest BCUT2D eigenvalue weighted by molar-refractivity contribution is -0.146. The van der Waals surface area contributed by atoms with E-state index in [0.717, 1.165) is 10.0 Å². The van der Waals surface area contributed by atoms with Crippen LogP contribution < -0.4 is 5.32 Å². The Morgan fingerprint density at radius 3 is 2.58 bits per heavy atom. The van der Waals surface area contributed by atoms with E-state index in [9.17, 15) is 9.59 Å². The van der Waals surface area contributed by atoms with Crippen LogP contribution in [0.1, 0.15) is 26.3 Å². The average molecular weight is 328 g/mol. The second kappa shape index (κ2) is 6.19. The molecule has 1 amide bonds. The third-order valence-corrected chi connectivity index (χ3v) is 3.57. The van der Waals surface area contributed by atoms with Crippen molar-refractivity contribution in [2.45, 2.75) is 26.2 Å². The molecule has 0 aliphatic rings. The monoisotopic (exact) mass is 327 g/mol. The average Bonchev–Trinajstić information content (AvgIpc) is 2.35. The number of amides is 1. The Hall–Kier alpha value is -1.36. The molecule has 0 bridgehead atoms. The highest BCUT2D eigenvalue weighted by molar-refractivity contribution is 9.10. The van der Waals surface area contributed by atoms with Gasteiger partial charge in [-0.2, -0.15) is 0 Å². The number of benzene rings is 1. The number of carbonyl (C=O) groups excluding carboxylic acids is 1. The lowest BCUT2D eigenvalue weighted by Crippen LogP contribution is -2.41. The zero-order valence-electron chi connectivity index (χ0n) is 11.2. The van der Waals surface area contributed by atoms with Gasteiger partial charge in [0.2, 0.25) is 5.91 Å². The molecule has 1 aromatic rings. The summed E-state index contributed by atoms with van der Waals surface area (Å²) in [6.07, 6.45) is 0. The molecule has 0 aliphatic heterocycles. The largest absolute Gasteiger partial charge is 0.481 e. The first-order chi connectivity index (χ1) is 8.74. The molecule has 0 saturated heterocycles. The lowest BCUT2D eigenvalue weighted by Gasteiger charge is -2.26. The molecule has 0 aromatic heterocycles. The van der Waals surface area contributed by atoms with Crippen LogP contribution in [-0.2, 0) is 15.0 Å². The third kappa shape index (κ3) is 4.35. The standard InChI is InChI=1S/C14H18BrNO3/c1-9(13(18)19)12(17)16-8-14(2,3)10-5-4-6-11(15)7-10/h4-7,9H,8H2,1-3H3,(H,16,17)(H,18,19). The van der Waals surface area contributed by atoms with Gasteiger partial charge < -0.3 is 10.4 Å². The van der Waals surface area contributed by atoms with E-state index in [2.05, 4.69) is 21.2 Å². The van der Waals surface area contributed by atoms with Crippen molar-refractivity contribution in [3.8, 4) is 0 Å². The number of halogens is 1. The molecular weight excluding hydrogens is 310 g/mol. The molecule has 19 heavy (non-hydrogen) atoms. The van der Waals surface area contributed by atoms with Crippen LogP contribution in [0.25, 0.3) is 0 Å². The van der Waals surface area contributed by atoms with Gasteiger partial charge in [0.25, 0.3) is 0 Å². The Morgan fingerprint density at radius 1 is 1.42 bits per heavy atom. The molecule has 0 fully saturated rings. The molecular formula is C14H18BrNO3. The van der Waals surface area contributed by atoms with Gasteiger partial charge in [-0.15, -0.1) is 0 Å². The van der Waals surface area contributed by atoms with Gasteiger partial charge in [0.05, 0.1) is 0 Å². The first-order valence-electron chi connectivity index (χ1n) is 6.00. The van der Waals surface area contributed by atoms with Crippen molar-refractivity contribution in [3.05, 3.63) is 34.3 Å². The maximum Gasteiger partial charge on any atom is 0.315 e. The number of aliphatic carboxylic acids is 1. The van der Waals surface area contributed by atoms with E-state index in [0.29, 0.717) is 6.54 Å². The maximum absolute atomic E-state index is 11.6. The highest BCUT2D eigenvalue weighted by Gasteiger charge is 2.25. The Kier molecular flexibility index (Phi) is 5.11. The Balaban J connectivity index is 2.70. The van der Waals surface area contributed by atoms with E-state index in [1.165, 1.54) is 6.92 Å². The normalized spacial score (nSPS) is 12.8. The van der Waals surface area contributed by atoms with Crippen LogP contribution in [-0.4, -0.2) is 23.5 Å². The van der Waals surface area contributed by atoms with Gasteiger partial charge in [-0.3, -0.25) is 9.59 Å². The van der Waals surface area contributed by atoms with Crippen molar-refractivity contribution in [2.75, 3.05) is 6.54 Å². The minimum atomic E-state index is -1.11. The summed E-state index contributed by atoms with van der Waals surface area (Å²) < 4.78 is 0.975. The molecule has 0 spiro atoms. The molecule has 2 N–H and O–H groups in total. The van der Waals surface area contributed by atoms with Gasteiger partial charge >= 0.3 is 5.97 Å². The summed E-state index contributed by atoms with van der Waals surface area (Å²) in [5.41, 5.74) is 0.808. The zero-order chi connectivity index (χ0) is 14.6. The highest BCUT2D eigenvalue weighted by Crippen LogP contribution is 2.25. The number of nitrogens with one attached hydrogen (secondary N) is 1. The minimum absolute atomic E-state index is 0.266. The van der Waals surface area contributed by atoms with Gasteiger partial charge in [-0.05, 0) is 24.6 Å². The number of carboxylic acids is 1. The smallest absolute Gasteiger partial charge is 0.315 e. The van der Waals surface area contributed by atoms with E-state index in [4.69, 9.17) is 5.11 Å². The number of hydrogen-bond acceptors (Lipinski definition) is 2. The van der Waals surface area contributed by atoms with Crippen molar-refractivity contribution >= 4 is 27.8 Å². The summed E-state index contributed by atoms with van der Waals surface area (Å²) in [7, 11) is 0. The van der Waals surface area contributed by atoms with Gasteiger partial charge in [0.15, 0.2) is 0 Å². The zero-order valence-corrected chi connectivity index (χ0v) is 12.8. The second-order valence-electron chi connectivity index (χ2n) is 5.17. The van der Waals surface area contributed by atoms with E-state index < -0.39 is 17.8 Å². The van der Waals surface area contributed by atoms with Crippen LogP contribution in [0.5, 0.6) is 0 Å². The lowest BCUT2D eigenvalue weighted by atomic mass is 9.84. The van der Waals surface area contributed by atoms with Crippen molar-refractivity contribution in [3.63, 3.8) is 0 Å². The summed E-state index contributed by atoms with van der Waals surface area (Å²) in [6.45, 7) is 5.77. The summed E-state index contributed by atoms with van der Waals surface area (Å²) in [4.78, 5) is 22.3.